The van der Waals surface area contributed by atoms with Crippen LogP contribution < -0.4 is 10.2 Å². The van der Waals surface area contributed by atoms with Gasteiger partial charge < -0.3 is 15.0 Å². The van der Waals surface area contributed by atoms with Crippen molar-refractivity contribution in [2.45, 2.75) is 52.2 Å². The average molecular weight is 297 g/mol. The summed E-state index contributed by atoms with van der Waals surface area (Å²) >= 11 is 1.75. The molecule has 1 fully saturated rings. The Morgan fingerprint density at radius 3 is 2.80 bits per heavy atom. The Hall–Kier alpha value is -0.650. The van der Waals surface area contributed by atoms with Gasteiger partial charge >= 0.3 is 0 Å². The van der Waals surface area contributed by atoms with E-state index in [0.717, 1.165) is 36.4 Å². The molecule has 5 heteroatoms. The molecule has 0 aliphatic heterocycles. The van der Waals surface area contributed by atoms with Crippen LogP contribution in [0.2, 0.25) is 0 Å². The van der Waals surface area contributed by atoms with Gasteiger partial charge in [0.25, 0.3) is 0 Å². The van der Waals surface area contributed by atoms with Crippen LogP contribution in [0.15, 0.2) is 5.38 Å². The molecule has 1 aromatic heterocycles. The molecule has 1 unspecified atom stereocenters. The molecule has 20 heavy (non-hydrogen) atoms. The largest absolute Gasteiger partial charge is 0.383 e. The van der Waals surface area contributed by atoms with E-state index in [1.165, 1.54) is 12.8 Å². The standard InChI is InChI=1S/C15H27N3OS/c1-11(2)16-9-14-10-20-15(17-14)18(7-8-19-4)12(3)13-5-6-13/h10-13,16H,5-9H2,1-4H3. The van der Waals surface area contributed by atoms with E-state index in [4.69, 9.17) is 9.72 Å². The second kappa shape index (κ2) is 7.38. The summed E-state index contributed by atoms with van der Waals surface area (Å²) in [5, 5.41) is 6.73. The Balaban J connectivity index is 1.99. The molecule has 0 radical (unpaired) electrons. The minimum absolute atomic E-state index is 0.495. The Labute approximate surface area is 126 Å². The van der Waals surface area contributed by atoms with E-state index in [0.29, 0.717) is 12.1 Å². The van der Waals surface area contributed by atoms with Gasteiger partial charge in [0.1, 0.15) is 0 Å². The average Bonchev–Trinajstić information content (AvgIpc) is 3.17. The highest BCUT2D eigenvalue weighted by Gasteiger charge is 2.33. The molecule has 1 aromatic rings. The summed E-state index contributed by atoms with van der Waals surface area (Å²) in [4.78, 5) is 7.21. The summed E-state index contributed by atoms with van der Waals surface area (Å²) in [7, 11) is 1.76. The topological polar surface area (TPSA) is 37.4 Å². The molecule has 0 bridgehead atoms. The number of nitrogens with zero attached hydrogens (tertiary/aromatic N) is 2. The van der Waals surface area contributed by atoms with E-state index in [-0.39, 0.29) is 0 Å². The monoisotopic (exact) mass is 297 g/mol. The summed E-state index contributed by atoms with van der Waals surface area (Å²) in [5.74, 6) is 0.841. The highest BCUT2D eigenvalue weighted by molar-refractivity contribution is 7.13. The van der Waals surface area contributed by atoms with Gasteiger partial charge in [0.2, 0.25) is 0 Å². The van der Waals surface area contributed by atoms with Crippen molar-refractivity contribution in [2.75, 3.05) is 25.2 Å². The smallest absolute Gasteiger partial charge is 0.185 e. The summed E-state index contributed by atoms with van der Waals surface area (Å²) in [6, 6.07) is 1.07. The molecule has 0 amide bonds. The third kappa shape index (κ3) is 4.43. The van der Waals surface area contributed by atoms with E-state index < -0.39 is 0 Å². The highest BCUT2D eigenvalue weighted by Crippen LogP contribution is 2.37. The van der Waals surface area contributed by atoms with Crippen molar-refractivity contribution in [1.82, 2.24) is 10.3 Å². The van der Waals surface area contributed by atoms with Crippen molar-refractivity contribution >= 4 is 16.5 Å². The molecule has 114 valence electrons. The zero-order valence-corrected chi connectivity index (χ0v) is 13.9. The minimum Gasteiger partial charge on any atom is -0.383 e. The van der Waals surface area contributed by atoms with Crippen LogP contribution in [0, 0.1) is 5.92 Å². The van der Waals surface area contributed by atoms with Gasteiger partial charge in [-0.15, -0.1) is 11.3 Å². The van der Waals surface area contributed by atoms with Crippen molar-refractivity contribution in [3.8, 4) is 0 Å². The first-order valence-corrected chi connectivity index (χ1v) is 8.43. The first-order chi connectivity index (χ1) is 9.61. The first kappa shape index (κ1) is 15.7. The van der Waals surface area contributed by atoms with Crippen LogP contribution in [-0.2, 0) is 11.3 Å². The second-order valence-electron chi connectivity index (χ2n) is 5.92. The summed E-state index contributed by atoms with van der Waals surface area (Å²) in [5.41, 5.74) is 1.14. The van der Waals surface area contributed by atoms with Crippen molar-refractivity contribution < 1.29 is 4.74 Å². The van der Waals surface area contributed by atoms with Crippen LogP contribution in [0.3, 0.4) is 0 Å². The SMILES string of the molecule is COCCN(c1nc(CNC(C)C)cs1)C(C)C1CC1. The van der Waals surface area contributed by atoms with Crippen LogP contribution in [0.1, 0.15) is 39.3 Å². The zero-order chi connectivity index (χ0) is 14.5. The van der Waals surface area contributed by atoms with E-state index in [9.17, 15) is 0 Å². The van der Waals surface area contributed by atoms with Crippen molar-refractivity contribution in [3.05, 3.63) is 11.1 Å². The summed E-state index contributed by atoms with van der Waals surface area (Å²) in [6.45, 7) is 9.18. The molecule has 2 rings (SSSR count). The van der Waals surface area contributed by atoms with Gasteiger partial charge in [-0.3, -0.25) is 0 Å². The van der Waals surface area contributed by atoms with E-state index >= 15 is 0 Å². The molecular formula is C15H27N3OS. The van der Waals surface area contributed by atoms with Crippen molar-refractivity contribution in [2.24, 2.45) is 5.92 Å². The lowest BCUT2D eigenvalue weighted by Crippen LogP contribution is -2.37. The molecule has 1 atom stereocenters. The molecule has 1 aliphatic carbocycles. The minimum atomic E-state index is 0.495. The Bertz CT molecular complexity index is 404. The van der Waals surface area contributed by atoms with Gasteiger partial charge in [0, 0.05) is 37.7 Å². The third-order valence-corrected chi connectivity index (χ3v) is 4.74. The lowest BCUT2D eigenvalue weighted by molar-refractivity contribution is 0.202. The fourth-order valence-electron chi connectivity index (χ4n) is 2.31. The number of ether oxygens (including phenoxy) is 1. The number of rotatable bonds is 9. The number of hydrogen-bond donors (Lipinski definition) is 1. The second-order valence-corrected chi connectivity index (χ2v) is 6.76. The van der Waals surface area contributed by atoms with Gasteiger partial charge in [-0.25, -0.2) is 4.98 Å². The number of methoxy groups -OCH3 is 1. The maximum Gasteiger partial charge on any atom is 0.185 e. The van der Waals surface area contributed by atoms with Gasteiger partial charge in [-0.2, -0.15) is 0 Å². The Morgan fingerprint density at radius 1 is 1.45 bits per heavy atom. The van der Waals surface area contributed by atoms with Gasteiger partial charge in [-0.1, -0.05) is 13.8 Å². The fraction of sp³-hybridized carbons (Fsp3) is 0.800. The highest BCUT2D eigenvalue weighted by atomic mass is 32.1. The first-order valence-electron chi connectivity index (χ1n) is 7.55. The van der Waals surface area contributed by atoms with E-state index in [2.05, 4.69) is 36.4 Å². The zero-order valence-electron chi connectivity index (χ0n) is 13.1. The van der Waals surface area contributed by atoms with E-state index in [1.807, 2.05) is 0 Å². The van der Waals surface area contributed by atoms with Gasteiger partial charge in [-0.05, 0) is 25.7 Å². The number of aromatic nitrogens is 1. The Kier molecular flexibility index (Phi) is 5.81. The van der Waals surface area contributed by atoms with Crippen LogP contribution in [0.5, 0.6) is 0 Å². The molecular weight excluding hydrogens is 270 g/mol. The maximum absolute atomic E-state index is 5.25. The predicted molar refractivity (Wildman–Crippen MR) is 85.5 cm³/mol. The van der Waals surface area contributed by atoms with Crippen molar-refractivity contribution in [3.63, 3.8) is 0 Å². The summed E-state index contributed by atoms with van der Waals surface area (Å²) < 4.78 is 5.25. The number of anilines is 1. The molecule has 1 N–H and O–H groups in total. The van der Waals surface area contributed by atoms with Gasteiger partial charge in [0.05, 0.1) is 12.3 Å². The third-order valence-electron chi connectivity index (χ3n) is 3.81. The molecule has 1 saturated carbocycles. The number of thiazole rings is 1. The maximum atomic E-state index is 5.25. The van der Waals surface area contributed by atoms with Crippen LogP contribution >= 0.6 is 11.3 Å². The van der Waals surface area contributed by atoms with E-state index in [1.54, 1.807) is 18.4 Å². The lowest BCUT2D eigenvalue weighted by atomic mass is 10.2. The number of hydrogen-bond acceptors (Lipinski definition) is 5. The molecule has 0 saturated heterocycles. The quantitative estimate of drug-likeness (QED) is 0.760. The normalized spacial score (nSPS) is 16.6. The predicted octanol–water partition coefficient (Wildman–Crippen LogP) is 2.89. The van der Waals surface area contributed by atoms with Crippen LogP contribution in [0.4, 0.5) is 5.13 Å². The lowest BCUT2D eigenvalue weighted by Gasteiger charge is -2.28. The van der Waals surface area contributed by atoms with Crippen LogP contribution in [-0.4, -0.2) is 37.3 Å². The van der Waals surface area contributed by atoms with Crippen molar-refractivity contribution in [1.29, 1.82) is 0 Å². The molecule has 1 heterocycles. The van der Waals surface area contributed by atoms with Gasteiger partial charge in [0.15, 0.2) is 5.13 Å². The summed E-state index contributed by atoms with van der Waals surface area (Å²) in [6.07, 6.45) is 2.72. The molecule has 4 nitrogen and oxygen atoms in total. The van der Waals surface area contributed by atoms with Crippen LogP contribution in [0.25, 0.3) is 0 Å². The molecule has 1 aliphatic rings. The molecule has 0 aromatic carbocycles. The fourth-order valence-corrected chi connectivity index (χ4v) is 3.25. The molecule has 0 spiro atoms. The number of nitrogens with one attached hydrogen (secondary N) is 1. The Morgan fingerprint density at radius 2 is 2.20 bits per heavy atom.